The van der Waals surface area contributed by atoms with Crippen LogP contribution in [0.4, 0.5) is 0 Å². The van der Waals surface area contributed by atoms with E-state index in [1.807, 2.05) is 0 Å². The lowest BCUT2D eigenvalue weighted by Crippen LogP contribution is -2.77. The summed E-state index contributed by atoms with van der Waals surface area (Å²) >= 11 is 0. The predicted octanol–water partition coefficient (Wildman–Crippen LogP) is 1.51. The standard InChI is InChI=1S/C12H23NO2/c1-5-9-8(3)11(4)12(9,13-6-2)7-10(14)15-11/h8-10,13-14H,5-7H2,1-4H3. The molecular weight excluding hydrogens is 190 g/mol. The van der Waals surface area contributed by atoms with E-state index in [4.69, 9.17) is 4.74 Å². The molecule has 1 aliphatic carbocycles. The summed E-state index contributed by atoms with van der Waals surface area (Å²) in [5.41, 5.74) is -0.168. The third-order valence-electron chi connectivity index (χ3n) is 4.80. The lowest BCUT2D eigenvalue weighted by Gasteiger charge is -2.63. The van der Waals surface area contributed by atoms with E-state index in [9.17, 15) is 5.11 Å². The molecule has 2 fully saturated rings. The van der Waals surface area contributed by atoms with Crippen LogP contribution in [0.2, 0.25) is 0 Å². The molecule has 0 aromatic carbocycles. The molecule has 1 saturated heterocycles. The number of aliphatic hydroxyl groups excluding tert-OH is 1. The Balaban J connectivity index is 2.29. The summed E-state index contributed by atoms with van der Waals surface area (Å²) in [7, 11) is 0. The van der Waals surface area contributed by atoms with E-state index in [1.54, 1.807) is 0 Å². The molecule has 0 aromatic heterocycles. The van der Waals surface area contributed by atoms with Crippen LogP contribution in [0.15, 0.2) is 0 Å². The van der Waals surface area contributed by atoms with Crippen LogP contribution in [-0.2, 0) is 4.74 Å². The quantitative estimate of drug-likeness (QED) is 0.746. The Morgan fingerprint density at radius 2 is 2.13 bits per heavy atom. The van der Waals surface area contributed by atoms with Crippen molar-refractivity contribution in [1.82, 2.24) is 5.32 Å². The molecule has 3 heteroatoms. The van der Waals surface area contributed by atoms with Crippen LogP contribution in [0.25, 0.3) is 0 Å². The van der Waals surface area contributed by atoms with Gasteiger partial charge in [-0.1, -0.05) is 27.2 Å². The van der Waals surface area contributed by atoms with Crippen molar-refractivity contribution < 1.29 is 9.84 Å². The molecule has 0 aromatic rings. The van der Waals surface area contributed by atoms with Gasteiger partial charge in [0.2, 0.25) is 0 Å². The fraction of sp³-hybridized carbons (Fsp3) is 1.00. The van der Waals surface area contributed by atoms with Gasteiger partial charge in [0.15, 0.2) is 6.29 Å². The van der Waals surface area contributed by atoms with E-state index in [-0.39, 0.29) is 11.1 Å². The van der Waals surface area contributed by atoms with Crippen molar-refractivity contribution in [1.29, 1.82) is 0 Å². The number of nitrogens with one attached hydrogen (secondary N) is 1. The maximum absolute atomic E-state index is 9.74. The molecule has 1 heterocycles. The number of hydrogen-bond donors (Lipinski definition) is 2. The number of ether oxygens (including phenoxy) is 1. The van der Waals surface area contributed by atoms with Crippen molar-refractivity contribution in [2.24, 2.45) is 11.8 Å². The first-order chi connectivity index (χ1) is 7.02. The summed E-state index contributed by atoms with van der Waals surface area (Å²) in [6.07, 6.45) is 1.30. The molecule has 5 unspecified atom stereocenters. The van der Waals surface area contributed by atoms with Crippen molar-refractivity contribution in [3.63, 3.8) is 0 Å². The van der Waals surface area contributed by atoms with Crippen molar-refractivity contribution in [2.75, 3.05) is 6.54 Å². The van der Waals surface area contributed by atoms with Gasteiger partial charge in [-0.3, -0.25) is 0 Å². The van der Waals surface area contributed by atoms with Crippen LogP contribution in [0.3, 0.4) is 0 Å². The number of fused-ring (bicyclic) bond motifs is 1. The highest BCUT2D eigenvalue weighted by Gasteiger charge is 2.72. The molecule has 0 amide bonds. The van der Waals surface area contributed by atoms with Gasteiger partial charge in [-0.2, -0.15) is 0 Å². The average molecular weight is 213 g/mol. The fourth-order valence-electron chi connectivity index (χ4n) is 4.05. The zero-order chi connectivity index (χ0) is 11.3. The van der Waals surface area contributed by atoms with Crippen LogP contribution in [-0.4, -0.2) is 29.1 Å². The second-order valence-electron chi connectivity index (χ2n) is 5.19. The summed E-state index contributed by atoms with van der Waals surface area (Å²) in [5.74, 6) is 1.15. The third kappa shape index (κ3) is 1.17. The molecule has 2 aliphatic rings. The first kappa shape index (κ1) is 11.4. The van der Waals surface area contributed by atoms with Gasteiger partial charge in [-0.25, -0.2) is 0 Å². The minimum atomic E-state index is -0.590. The molecule has 2 rings (SSSR count). The molecule has 0 spiro atoms. The molecular formula is C12H23NO2. The van der Waals surface area contributed by atoms with Crippen molar-refractivity contribution in [3.05, 3.63) is 0 Å². The fourth-order valence-corrected chi connectivity index (χ4v) is 4.05. The molecule has 1 saturated carbocycles. The Bertz CT molecular complexity index is 258. The van der Waals surface area contributed by atoms with Crippen LogP contribution in [0.5, 0.6) is 0 Å². The van der Waals surface area contributed by atoms with Gasteiger partial charge in [0.1, 0.15) is 0 Å². The van der Waals surface area contributed by atoms with Crippen molar-refractivity contribution in [2.45, 2.75) is 58.0 Å². The van der Waals surface area contributed by atoms with E-state index in [1.165, 1.54) is 0 Å². The number of rotatable bonds is 3. The topological polar surface area (TPSA) is 41.5 Å². The Kier molecular flexibility index (Phi) is 2.61. The lowest BCUT2D eigenvalue weighted by atomic mass is 9.48. The predicted molar refractivity (Wildman–Crippen MR) is 59.5 cm³/mol. The van der Waals surface area contributed by atoms with E-state index < -0.39 is 6.29 Å². The van der Waals surface area contributed by atoms with E-state index >= 15 is 0 Å². The molecule has 1 aliphatic heterocycles. The van der Waals surface area contributed by atoms with Crippen molar-refractivity contribution in [3.8, 4) is 0 Å². The SMILES string of the molecule is CCNC12CC(O)OC1(C)C(C)C2CC. The Labute approximate surface area is 92.2 Å². The largest absolute Gasteiger partial charge is 0.368 e. The number of hydrogen-bond acceptors (Lipinski definition) is 3. The maximum atomic E-state index is 9.74. The van der Waals surface area contributed by atoms with Crippen LogP contribution >= 0.6 is 0 Å². The highest BCUT2D eigenvalue weighted by molar-refractivity contribution is 5.24. The van der Waals surface area contributed by atoms with Crippen LogP contribution in [0, 0.1) is 11.8 Å². The highest BCUT2D eigenvalue weighted by atomic mass is 16.6. The number of likely N-dealkylation sites (N-methyl/N-ethyl adjacent to an activating group) is 1. The Morgan fingerprint density at radius 1 is 1.47 bits per heavy atom. The Hall–Kier alpha value is -0.120. The zero-order valence-corrected chi connectivity index (χ0v) is 10.2. The summed E-state index contributed by atoms with van der Waals surface area (Å²) in [6, 6.07) is 0. The van der Waals surface area contributed by atoms with E-state index in [0.717, 1.165) is 19.4 Å². The van der Waals surface area contributed by atoms with E-state index in [0.29, 0.717) is 11.8 Å². The third-order valence-corrected chi connectivity index (χ3v) is 4.80. The smallest absolute Gasteiger partial charge is 0.157 e. The summed E-state index contributed by atoms with van der Waals surface area (Å²) in [6.45, 7) is 9.67. The molecule has 3 nitrogen and oxygen atoms in total. The molecule has 0 bridgehead atoms. The molecule has 88 valence electrons. The van der Waals surface area contributed by atoms with Gasteiger partial charge >= 0.3 is 0 Å². The van der Waals surface area contributed by atoms with Gasteiger partial charge in [0, 0.05) is 6.42 Å². The summed E-state index contributed by atoms with van der Waals surface area (Å²) in [4.78, 5) is 0. The molecule has 5 atom stereocenters. The normalized spacial score (nSPS) is 53.8. The summed E-state index contributed by atoms with van der Waals surface area (Å²) in [5, 5.41) is 13.3. The van der Waals surface area contributed by atoms with Crippen LogP contribution in [0.1, 0.15) is 40.5 Å². The van der Waals surface area contributed by atoms with Crippen LogP contribution < -0.4 is 5.32 Å². The van der Waals surface area contributed by atoms with Gasteiger partial charge in [0.05, 0.1) is 11.1 Å². The Morgan fingerprint density at radius 3 is 2.67 bits per heavy atom. The molecule has 0 radical (unpaired) electrons. The first-order valence-electron chi connectivity index (χ1n) is 6.12. The zero-order valence-electron chi connectivity index (χ0n) is 10.2. The molecule has 2 N–H and O–H groups in total. The summed E-state index contributed by atoms with van der Waals surface area (Å²) < 4.78 is 5.74. The maximum Gasteiger partial charge on any atom is 0.157 e. The minimum absolute atomic E-state index is 0.00926. The second-order valence-corrected chi connectivity index (χ2v) is 5.19. The minimum Gasteiger partial charge on any atom is -0.368 e. The van der Waals surface area contributed by atoms with Gasteiger partial charge in [0.25, 0.3) is 0 Å². The van der Waals surface area contributed by atoms with Gasteiger partial charge in [-0.05, 0) is 25.3 Å². The number of aliphatic hydroxyl groups is 1. The van der Waals surface area contributed by atoms with E-state index in [2.05, 4.69) is 33.0 Å². The highest BCUT2D eigenvalue weighted by Crippen LogP contribution is 2.61. The second kappa shape index (κ2) is 3.44. The van der Waals surface area contributed by atoms with Crippen molar-refractivity contribution >= 4 is 0 Å². The molecule has 15 heavy (non-hydrogen) atoms. The average Bonchev–Trinajstić information content (AvgIpc) is 2.38. The first-order valence-corrected chi connectivity index (χ1v) is 6.12. The van der Waals surface area contributed by atoms with Gasteiger partial charge < -0.3 is 15.2 Å². The lowest BCUT2D eigenvalue weighted by molar-refractivity contribution is -0.223. The monoisotopic (exact) mass is 213 g/mol. The van der Waals surface area contributed by atoms with Gasteiger partial charge in [-0.15, -0.1) is 0 Å².